The van der Waals surface area contributed by atoms with Crippen molar-refractivity contribution in [1.29, 1.82) is 5.41 Å². The quantitative estimate of drug-likeness (QED) is 0.234. The number of nitrogens with one attached hydrogen (secondary N) is 1. The minimum atomic E-state index is -1.56. The zero-order chi connectivity index (χ0) is 20.3. The van der Waals surface area contributed by atoms with Crippen molar-refractivity contribution in [2.24, 2.45) is 0 Å². The molecule has 2 heterocycles. The number of carbonyl (C=O) groups is 3. The van der Waals surface area contributed by atoms with Crippen LogP contribution in [-0.4, -0.2) is 110 Å². The SMILES string of the molecule is CN(CC(=O)N1C[C@H](O)[C@@H](O)[C@H](O)[C@H]1CO)C(=N)N1OC(=O)C=CC(=O)O1. The Morgan fingerprint density at radius 2 is 1.78 bits per heavy atom. The van der Waals surface area contributed by atoms with E-state index in [0.717, 1.165) is 22.0 Å². The molecular formula is C14H20N4O9. The first-order valence-electron chi connectivity index (χ1n) is 7.82. The molecule has 0 aliphatic carbocycles. The number of β-amino-alcohol motifs (C(OH)–C–C–N with tert-alkyl or cyclic N) is 1. The van der Waals surface area contributed by atoms with E-state index >= 15 is 0 Å². The van der Waals surface area contributed by atoms with Gasteiger partial charge in [0, 0.05) is 31.0 Å². The lowest BCUT2D eigenvalue weighted by Gasteiger charge is -2.43. The molecule has 2 aliphatic heterocycles. The van der Waals surface area contributed by atoms with Gasteiger partial charge in [-0.3, -0.25) is 19.9 Å². The molecule has 5 N–H and O–H groups in total. The Labute approximate surface area is 153 Å². The molecule has 2 aliphatic rings. The molecule has 1 fully saturated rings. The number of hydrogen-bond acceptors (Lipinski definition) is 10. The van der Waals surface area contributed by atoms with Crippen LogP contribution in [0.2, 0.25) is 0 Å². The van der Waals surface area contributed by atoms with Crippen molar-refractivity contribution in [2.45, 2.75) is 24.4 Å². The number of aliphatic hydroxyl groups excluding tert-OH is 4. The number of nitrogens with zero attached hydrogens (tertiary/aromatic N) is 3. The minimum absolute atomic E-state index is 0.227. The number of likely N-dealkylation sites (tertiary alicyclic amines) is 1. The number of aliphatic hydroxyl groups is 4. The predicted octanol–water partition coefficient (Wildman–Crippen LogP) is -4.07. The van der Waals surface area contributed by atoms with E-state index in [2.05, 4.69) is 9.68 Å². The van der Waals surface area contributed by atoms with Crippen LogP contribution >= 0.6 is 0 Å². The van der Waals surface area contributed by atoms with E-state index in [1.807, 2.05) is 0 Å². The molecule has 4 atom stereocenters. The fraction of sp³-hybridized carbons (Fsp3) is 0.571. The lowest BCUT2D eigenvalue weighted by molar-refractivity contribution is -0.278. The normalized spacial score (nSPS) is 28.3. The average molecular weight is 388 g/mol. The van der Waals surface area contributed by atoms with Crippen molar-refractivity contribution >= 4 is 23.8 Å². The molecule has 1 saturated heterocycles. The first-order chi connectivity index (χ1) is 12.6. The van der Waals surface area contributed by atoms with E-state index in [1.54, 1.807) is 0 Å². The van der Waals surface area contributed by atoms with Gasteiger partial charge < -0.3 is 30.2 Å². The molecule has 0 spiro atoms. The summed E-state index contributed by atoms with van der Waals surface area (Å²) in [4.78, 5) is 46.3. The lowest BCUT2D eigenvalue weighted by atomic mass is 9.94. The molecule has 1 amide bonds. The topological polar surface area (TPSA) is 184 Å². The van der Waals surface area contributed by atoms with Crippen LogP contribution in [0.15, 0.2) is 12.2 Å². The molecule has 150 valence electrons. The summed E-state index contributed by atoms with van der Waals surface area (Å²) in [6.45, 7) is -1.52. The van der Waals surface area contributed by atoms with Gasteiger partial charge in [-0.15, -0.1) is 0 Å². The summed E-state index contributed by atoms with van der Waals surface area (Å²) in [5.41, 5.74) is 0. The number of likely N-dealkylation sites (N-methyl/N-ethyl adjacent to an activating group) is 1. The highest BCUT2D eigenvalue weighted by Gasteiger charge is 2.43. The smallest absolute Gasteiger partial charge is 0.360 e. The number of amides is 1. The van der Waals surface area contributed by atoms with Gasteiger partial charge in [0.05, 0.1) is 19.2 Å². The van der Waals surface area contributed by atoms with Gasteiger partial charge in [0.25, 0.3) is 5.96 Å². The van der Waals surface area contributed by atoms with Gasteiger partial charge in [0.1, 0.15) is 18.3 Å². The molecule has 0 aromatic carbocycles. The Balaban J connectivity index is 2.04. The minimum Gasteiger partial charge on any atom is -0.394 e. The average Bonchev–Trinajstić information content (AvgIpc) is 2.79. The van der Waals surface area contributed by atoms with Gasteiger partial charge >= 0.3 is 11.9 Å². The monoisotopic (exact) mass is 388 g/mol. The van der Waals surface area contributed by atoms with Crippen molar-refractivity contribution in [2.75, 3.05) is 26.7 Å². The molecule has 0 saturated carbocycles. The van der Waals surface area contributed by atoms with Crippen LogP contribution in [0.4, 0.5) is 0 Å². The van der Waals surface area contributed by atoms with Crippen LogP contribution in [0, 0.1) is 5.41 Å². The molecule has 0 aromatic rings. The van der Waals surface area contributed by atoms with E-state index in [0.29, 0.717) is 0 Å². The second kappa shape index (κ2) is 8.30. The van der Waals surface area contributed by atoms with E-state index in [-0.39, 0.29) is 11.8 Å². The van der Waals surface area contributed by atoms with Crippen LogP contribution in [0.25, 0.3) is 0 Å². The van der Waals surface area contributed by atoms with Crippen molar-refractivity contribution < 1.29 is 44.5 Å². The fourth-order valence-electron chi connectivity index (χ4n) is 2.55. The predicted molar refractivity (Wildman–Crippen MR) is 84.1 cm³/mol. The van der Waals surface area contributed by atoms with Gasteiger partial charge in [-0.2, -0.15) is 0 Å². The Morgan fingerprint density at radius 1 is 1.22 bits per heavy atom. The largest absolute Gasteiger partial charge is 0.394 e. The second-order valence-electron chi connectivity index (χ2n) is 5.94. The van der Waals surface area contributed by atoms with Gasteiger partial charge in [-0.05, 0) is 0 Å². The van der Waals surface area contributed by atoms with Crippen LogP contribution in [0.5, 0.6) is 0 Å². The molecular weight excluding hydrogens is 368 g/mol. The van der Waals surface area contributed by atoms with Crippen molar-refractivity contribution in [3.05, 3.63) is 12.2 Å². The Morgan fingerprint density at radius 3 is 2.30 bits per heavy atom. The maximum atomic E-state index is 12.5. The van der Waals surface area contributed by atoms with Crippen molar-refractivity contribution in [1.82, 2.24) is 15.0 Å². The van der Waals surface area contributed by atoms with Gasteiger partial charge in [0.2, 0.25) is 5.91 Å². The van der Waals surface area contributed by atoms with Crippen LogP contribution < -0.4 is 0 Å². The standard InChI is InChI=1S/C14H20N4O9/c1-16(14(15)18-26-10(22)2-3-11(23)27-18)5-9(21)17-4-8(20)13(25)12(24)7(17)6-19/h2-3,7-8,12-13,15,19-20,24-25H,4-6H2,1H3/t7-,8+,12-,13-/m1/s1. The summed E-state index contributed by atoms with van der Waals surface area (Å²) in [6, 6.07) is -1.16. The molecule has 0 radical (unpaired) electrons. The maximum Gasteiger partial charge on any atom is 0.360 e. The zero-order valence-electron chi connectivity index (χ0n) is 14.3. The third kappa shape index (κ3) is 4.51. The highest BCUT2D eigenvalue weighted by molar-refractivity contribution is 5.94. The van der Waals surface area contributed by atoms with Crippen LogP contribution in [0.1, 0.15) is 0 Å². The van der Waals surface area contributed by atoms with E-state index in [1.165, 1.54) is 7.05 Å². The van der Waals surface area contributed by atoms with Gasteiger partial charge in [0.15, 0.2) is 0 Å². The molecule has 13 heteroatoms. The van der Waals surface area contributed by atoms with Gasteiger partial charge in [-0.25, -0.2) is 9.59 Å². The first kappa shape index (κ1) is 20.6. The number of hydroxylamine groups is 2. The summed E-state index contributed by atoms with van der Waals surface area (Å²) in [5, 5.41) is 46.8. The third-order valence-electron chi connectivity index (χ3n) is 4.04. The summed E-state index contributed by atoms with van der Waals surface area (Å²) >= 11 is 0. The van der Waals surface area contributed by atoms with Gasteiger partial charge in [-0.1, -0.05) is 0 Å². The van der Waals surface area contributed by atoms with Crippen LogP contribution in [0.3, 0.4) is 0 Å². The van der Waals surface area contributed by atoms with Crippen molar-refractivity contribution in [3.63, 3.8) is 0 Å². The molecule has 0 aromatic heterocycles. The molecule has 27 heavy (non-hydrogen) atoms. The van der Waals surface area contributed by atoms with E-state index in [4.69, 9.17) is 5.41 Å². The Bertz CT molecular complexity index is 634. The molecule has 2 rings (SSSR count). The second-order valence-corrected chi connectivity index (χ2v) is 5.94. The summed E-state index contributed by atoms with van der Waals surface area (Å²) < 4.78 is 0. The lowest BCUT2D eigenvalue weighted by Crippen LogP contribution is -2.65. The highest BCUT2D eigenvalue weighted by atomic mass is 17.0. The number of rotatable bonds is 3. The zero-order valence-corrected chi connectivity index (χ0v) is 14.3. The fourth-order valence-corrected chi connectivity index (χ4v) is 2.55. The Kier molecular flexibility index (Phi) is 6.32. The number of carbonyl (C=O) groups excluding carboxylic acids is 3. The van der Waals surface area contributed by atoms with E-state index < -0.39 is 61.3 Å². The summed E-state index contributed by atoms with van der Waals surface area (Å²) in [7, 11) is 1.26. The molecule has 0 bridgehead atoms. The Hall–Kier alpha value is -2.74. The summed E-state index contributed by atoms with van der Waals surface area (Å²) in [5.74, 6) is -3.31. The first-order valence-corrected chi connectivity index (χ1v) is 7.82. The molecule has 13 nitrogen and oxygen atoms in total. The number of guanidine groups is 1. The maximum absolute atomic E-state index is 12.5. The van der Waals surface area contributed by atoms with Crippen molar-refractivity contribution in [3.8, 4) is 0 Å². The molecule has 0 unspecified atom stereocenters. The number of piperidine rings is 1. The van der Waals surface area contributed by atoms with Crippen LogP contribution in [-0.2, 0) is 24.1 Å². The summed E-state index contributed by atoms with van der Waals surface area (Å²) in [6.07, 6.45) is -2.91. The number of hydrogen-bond donors (Lipinski definition) is 5. The highest BCUT2D eigenvalue weighted by Crippen LogP contribution is 2.19. The third-order valence-corrected chi connectivity index (χ3v) is 4.04. The van der Waals surface area contributed by atoms with E-state index in [9.17, 15) is 34.8 Å².